The minimum Gasteiger partial charge on any atom is -0.477 e. The third-order valence-corrected chi connectivity index (χ3v) is 5.98. The normalized spacial score (nSPS) is 14.7. The SMILES string of the molecule is Cc1nc(Nc2nc(-c3ccc(N)cc3)cc(N3CCC(O)CC3)n2)sc1C(=O)O. The molecule has 4 rings (SSSR count). The van der Waals surface area contributed by atoms with Gasteiger partial charge < -0.3 is 20.8 Å². The molecule has 9 nitrogen and oxygen atoms in total. The van der Waals surface area contributed by atoms with E-state index in [9.17, 15) is 15.0 Å². The van der Waals surface area contributed by atoms with Gasteiger partial charge in [0.05, 0.1) is 17.5 Å². The van der Waals surface area contributed by atoms with Gasteiger partial charge in [0, 0.05) is 30.4 Å². The second-order valence-corrected chi connectivity index (χ2v) is 8.14. The van der Waals surface area contributed by atoms with Crippen LogP contribution in [0.5, 0.6) is 0 Å². The topological polar surface area (TPSA) is 137 Å². The monoisotopic (exact) mass is 426 g/mol. The quantitative estimate of drug-likeness (QED) is 0.454. The number of aliphatic hydroxyl groups excluding tert-OH is 1. The minimum atomic E-state index is -1.01. The fourth-order valence-electron chi connectivity index (χ4n) is 3.29. The van der Waals surface area contributed by atoms with Crippen molar-refractivity contribution in [1.82, 2.24) is 15.0 Å². The highest BCUT2D eigenvalue weighted by molar-refractivity contribution is 7.17. The van der Waals surface area contributed by atoms with E-state index in [1.54, 1.807) is 6.92 Å². The zero-order valence-electron chi connectivity index (χ0n) is 16.4. The number of hydrogen-bond donors (Lipinski definition) is 4. The van der Waals surface area contributed by atoms with E-state index in [0.29, 0.717) is 54.1 Å². The summed E-state index contributed by atoms with van der Waals surface area (Å²) in [5.41, 5.74) is 8.50. The molecule has 3 heterocycles. The lowest BCUT2D eigenvalue weighted by atomic mass is 10.1. The van der Waals surface area contributed by atoms with Crippen LogP contribution in [0.25, 0.3) is 11.3 Å². The Balaban J connectivity index is 1.70. The van der Waals surface area contributed by atoms with Crippen LogP contribution in [-0.4, -0.2) is 50.3 Å². The van der Waals surface area contributed by atoms with Crippen LogP contribution in [0.1, 0.15) is 28.2 Å². The molecule has 0 unspecified atom stereocenters. The van der Waals surface area contributed by atoms with Crippen LogP contribution in [0.2, 0.25) is 0 Å². The number of anilines is 4. The predicted octanol–water partition coefficient (Wildman–Crippen LogP) is 2.89. The highest BCUT2D eigenvalue weighted by Crippen LogP contribution is 2.29. The third kappa shape index (κ3) is 4.34. The van der Waals surface area contributed by atoms with Gasteiger partial charge in [-0.1, -0.05) is 23.5 Å². The van der Waals surface area contributed by atoms with E-state index < -0.39 is 5.97 Å². The molecule has 2 aromatic heterocycles. The first kappa shape index (κ1) is 20.0. The van der Waals surface area contributed by atoms with Crippen molar-refractivity contribution in [1.29, 1.82) is 0 Å². The van der Waals surface area contributed by atoms with Gasteiger partial charge in [-0.3, -0.25) is 5.32 Å². The predicted molar refractivity (Wildman–Crippen MR) is 116 cm³/mol. The molecular formula is C20H22N6O3S. The number of carbonyl (C=O) groups is 1. The zero-order valence-corrected chi connectivity index (χ0v) is 17.2. The Bertz CT molecular complexity index is 1060. The molecule has 1 fully saturated rings. The largest absolute Gasteiger partial charge is 0.477 e. The van der Waals surface area contributed by atoms with Gasteiger partial charge >= 0.3 is 5.97 Å². The molecule has 156 valence electrons. The van der Waals surface area contributed by atoms with E-state index in [0.717, 1.165) is 22.7 Å². The van der Waals surface area contributed by atoms with Crippen LogP contribution in [0, 0.1) is 6.92 Å². The van der Waals surface area contributed by atoms with Crippen LogP contribution in [0.4, 0.5) is 22.6 Å². The highest BCUT2D eigenvalue weighted by Gasteiger charge is 2.21. The summed E-state index contributed by atoms with van der Waals surface area (Å²) in [4.78, 5) is 27.1. The van der Waals surface area contributed by atoms with Crippen molar-refractivity contribution in [3.05, 3.63) is 40.9 Å². The fourth-order valence-corrected chi connectivity index (χ4v) is 4.09. The number of aromatic nitrogens is 3. The third-order valence-electron chi connectivity index (χ3n) is 4.92. The number of nitrogen functional groups attached to an aromatic ring is 1. The Morgan fingerprint density at radius 3 is 2.53 bits per heavy atom. The van der Waals surface area contributed by atoms with Crippen molar-refractivity contribution in [2.75, 3.05) is 29.0 Å². The number of aryl methyl sites for hydroxylation is 1. The molecule has 5 N–H and O–H groups in total. The summed E-state index contributed by atoms with van der Waals surface area (Å²) in [5.74, 6) is 0.0521. The lowest BCUT2D eigenvalue weighted by Gasteiger charge is -2.30. The lowest BCUT2D eigenvalue weighted by Crippen LogP contribution is -2.36. The first-order valence-corrected chi connectivity index (χ1v) is 10.4. The molecule has 0 bridgehead atoms. The Morgan fingerprint density at radius 1 is 1.20 bits per heavy atom. The van der Waals surface area contributed by atoms with E-state index >= 15 is 0 Å². The molecule has 0 amide bonds. The molecule has 0 aliphatic carbocycles. The molecule has 0 spiro atoms. The molecule has 10 heteroatoms. The minimum absolute atomic E-state index is 0.178. The molecule has 1 aliphatic rings. The standard InChI is InChI=1S/C20H22N6O3S/c1-11-17(18(28)29)30-20(22-11)25-19-23-15(12-2-4-13(21)5-3-12)10-16(24-19)26-8-6-14(27)7-9-26/h2-5,10,14,27H,6-9,21H2,1H3,(H,28,29)(H,22,23,24,25). The zero-order chi connectivity index (χ0) is 21.3. The van der Waals surface area contributed by atoms with Crippen molar-refractivity contribution in [2.24, 2.45) is 0 Å². The first-order chi connectivity index (χ1) is 14.4. The molecule has 1 aliphatic heterocycles. The van der Waals surface area contributed by atoms with Gasteiger partial charge in [0.1, 0.15) is 10.7 Å². The average Bonchev–Trinajstić information content (AvgIpc) is 3.09. The number of aromatic carboxylic acids is 1. The van der Waals surface area contributed by atoms with Crippen molar-refractivity contribution in [2.45, 2.75) is 25.9 Å². The smallest absolute Gasteiger partial charge is 0.347 e. The summed E-state index contributed by atoms with van der Waals surface area (Å²) in [6.07, 6.45) is 1.07. The van der Waals surface area contributed by atoms with E-state index in [2.05, 4.69) is 25.2 Å². The van der Waals surface area contributed by atoms with E-state index in [-0.39, 0.29) is 11.0 Å². The number of nitrogens with two attached hydrogens (primary N) is 1. The lowest BCUT2D eigenvalue weighted by molar-refractivity contribution is 0.0701. The number of benzene rings is 1. The molecule has 0 atom stereocenters. The van der Waals surface area contributed by atoms with Gasteiger partial charge in [-0.2, -0.15) is 4.98 Å². The van der Waals surface area contributed by atoms with E-state index in [4.69, 9.17) is 5.73 Å². The average molecular weight is 427 g/mol. The maximum atomic E-state index is 11.3. The first-order valence-electron chi connectivity index (χ1n) is 9.55. The fraction of sp³-hybridized carbons (Fsp3) is 0.300. The highest BCUT2D eigenvalue weighted by atomic mass is 32.1. The number of nitrogens with one attached hydrogen (secondary N) is 1. The van der Waals surface area contributed by atoms with Gasteiger partial charge in [-0.25, -0.2) is 14.8 Å². The van der Waals surface area contributed by atoms with Crippen LogP contribution in [-0.2, 0) is 0 Å². The summed E-state index contributed by atoms with van der Waals surface area (Å²) in [6.45, 7) is 3.04. The number of piperidine rings is 1. The molecular weight excluding hydrogens is 404 g/mol. The van der Waals surface area contributed by atoms with Gasteiger partial charge in [-0.15, -0.1) is 0 Å². The Labute approximate surface area is 177 Å². The maximum absolute atomic E-state index is 11.3. The number of thiazole rings is 1. The van der Waals surface area contributed by atoms with Gasteiger partial charge in [-0.05, 0) is 31.9 Å². The summed E-state index contributed by atoms with van der Waals surface area (Å²) in [5, 5.41) is 22.6. The molecule has 0 saturated carbocycles. The Morgan fingerprint density at radius 2 is 1.90 bits per heavy atom. The van der Waals surface area contributed by atoms with Crippen molar-refractivity contribution < 1.29 is 15.0 Å². The summed E-state index contributed by atoms with van der Waals surface area (Å²) in [7, 11) is 0. The Kier molecular flexibility index (Phi) is 5.51. The number of carboxylic acids is 1. The second-order valence-electron chi connectivity index (χ2n) is 7.14. The van der Waals surface area contributed by atoms with E-state index in [1.807, 2.05) is 30.3 Å². The number of nitrogens with zero attached hydrogens (tertiary/aromatic N) is 4. The van der Waals surface area contributed by atoms with Crippen LogP contribution in [0.3, 0.4) is 0 Å². The van der Waals surface area contributed by atoms with Crippen LogP contribution >= 0.6 is 11.3 Å². The van der Waals surface area contributed by atoms with Crippen molar-refractivity contribution in [3.63, 3.8) is 0 Å². The van der Waals surface area contributed by atoms with Crippen molar-refractivity contribution >= 4 is 39.9 Å². The number of aliphatic hydroxyl groups is 1. The summed E-state index contributed by atoms with van der Waals surface area (Å²) < 4.78 is 0. The Hall–Kier alpha value is -3.24. The van der Waals surface area contributed by atoms with Crippen LogP contribution < -0.4 is 16.0 Å². The summed E-state index contributed by atoms with van der Waals surface area (Å²) in [6, 6.07) is 9.31. The second kappa shape index (κ2) is 8.25. The molecule has 0 radical (unpaired) electrons. The van der Waals surface area contributed by atoms with Gasteiger partial charge in [0.15, 0.2) is 5.13 Å². The maximum Gasteiger partial charge on any atom is 0.347 e. The van der Waals surface area contributed by atoms with Gasteiger partial charge in [0.25, 0.3) is 0 Å². The summed E-state index contributed by atoms with van der Waals surface area (Å²) >= 11 is 1.04. The van der Waals surface area contributed by atoms with Crippen LogP contribution in [0.15, 0.2) is 30.3 Å². The molecule has 3 aromatic rings. The van der Waals surface area contributed by atoms with Gasteiger partial charge in [0.2, 0.25) is 5.95 Å². The number of carboxylic acid groups (broad SMARTS) is 1. The van der Waals surface area contributed by atoms with Crippen molar-refractivity contribution in [3.8, 4) is 11.3 Å². The molecule has 1 aromatic carbocycles. The number of rotatable bonds is 5. The number of hydrogen-bond acceptors (Lipinski definition) is 9. The molecule has 30 heavy (non-hydrogen) atoms. The van der Waals surface area contributed by atoms with E-state index in [1.165, 1.54) is 0 Å². The molecule has 1 saturated heterocycles.